The normalized spacial score (nSPS) is 20.4. The lowest BCUT2D eigenvalue weighted by Gasteiger charge is -2.39. The molecule has 2 aliphatic heterocycles. The predicted octanol–water partition coefficient (Wildman–Crippen LogP) is 4.86. The zero-order valence-corrected chi connectivity index (χ0v) is 20.8. The smallest absolute Gasteiger partial charge is 0.291 e. The molecule has 0 N–H and O–H groups in total. The molecule has 0 bridgehead atoms. The van der Waals surface area contributed by atoms with Crippen LogP contribution in [0, 0.1) is 12.7 Å². The molecule has 0 spiro atoms. The second-order valence-electron chi connectivity index (χ2n) is 9.21. The summed E-state index contributed by atoms with van der Waals surface area (Å²) in [6.45, 7) is 5.12. The fraction of sp³-hybridized carbons (Fsp3) is 0.333. The minimum Gasteiger partial charge on any atom is -0.448 e. The van der Waals surface area contributed by atoms with Crippen LogP contribution in [0.3, 0.4) is 0 Å². The fourth-order valence-electron chi connectivity index (χ4n) is 4.83. The molecule has 7 nitrogen and oxygen atoms in total. The second-order valence-corrected chi connectivity index (χ2v) is 9.64. The van der Waals surface area contributed by atoms with E-state index >= 15 is 0 Å². The number of nitrogens with zero attached hydrogens (tertiary/aromatic N) is 4. The van der Waals surface area contributed by atoms with Crippen molar-refractivity contribution in [1.82, 2.24) is 9.80 Å². The molecule has 2 aromatic carbocycles. The van der Waals surface area contributed by atoms with E-state index in [9.17, 15) is 14.0 Å². The number of carbonyl (C=O) groups excluding carboxylic acids is 2. The highest BCUT2D eigenvalue weighted by Gasteiger charge is 2.34. The summed E-state index contributed by atoms with van der Waals surface area (Å²) in [5.74, 6) is -0.721. The predicted molar refractivity (Wildman–Crippen MR) is 138 cm³/mol. The average molecular weight is 509 g/mol. The molecule has 2 aliphatic rings. The summed E-state index contributed by atoms with van der Waals surface area (Å²) in [6, 6.07) is 12.0. The molecule has 9 heteroatoms. The summed E-state index contributed by atoms with van der Waals surface area (Å²) in [5.41, 5.74) is 1.73. The van der Waals surface area contributed by atoms with Crippen LogP contribution in [-0.4, -0.2) is 65.9 Å². The molecule has 0 saturated carbocycles. The number of para-hydroxylation sites is 1. The summed E-state index contributed by atoms with van der Waals surface area (Å²) in [4.78, 5) is 38.7. The highest BCUT2D eigenvalue weighted by Crippen LogP contribution is 2.29. The first-order valence-corrected chi connectivity index (χ1v) is 12.3. The molecular weight excluding hydrogens is 483 g/mol. The monoisotopic (exact) mass is 508 g/mol. The quantitative estimate of drug-likeness (QED) is 0.506. The molecule has 36 heavy (non-hydrogen) atoms. The first-order valence-electron chi connectivity index (χ1n) is 12.0. The van der Waals surface area contributed by atoms with Gasteiger partial charge in [-0.1, -0.05) is 35.9 Å². The molecule has 1 aromatic heterocycles. The maximum atomic E-state index is 14.2. The molecule has 3 aromatic rings. The Morgan fingerprint density at radius 2 is 1.94 bits per heavy atom. The number of benzene rings is 2. The van der Waals surface area contributed by atoms with E-state index in [4.69, 9.17) is 16.0 Å². The number of fused-ring (bicyclic) bond motifs is 1. The van der Waals surface area contributed by atoms with Crippen LogP contribution < -0.4 is 0 Å². The Hall–Kier alpha value is -3.52. The molecule has 1 saturated heterocycles. The van der Waals surface area contributed by atoms with Gasteiger partial charge < -0.3 is 14.2 Å². The first-order chi connectivity index (χ1) is 17.3. The van der Waals surface area contributed by atoms with E-state index in [2.05, 4.69) is 9.98 Å². The van der Waals surface area contributed by atoms with Crippen molar-refractivity contribution in [1.29, 1.82) is 0 Å². The van der Waals surface area contributed by atoms with Crippen LogP contribution in [0.15, 0.2) is 56.9 Å². The lowest BCUT2D eigenvalue weighted by atomic mass is 9.97. The van der Waals surface area contributed by atoms with Crippen molar-refractivity contribution in [2.45, 2.75) is 32.2 Å². The summed E-state index contributed by atoms with van der Waals surface area (Å²) in [5, 5.41) is 1.24. The SMILES string of the molecule is Cc1c(C(=O)N2CCN(C(=O)C3=NCCC(c4cccc(Cl)c4)C=N3)CC2C)oc2c(F)cccc12. The number of hydrogen-bond donors (Lipinski definition) is 0. The first kappa shape index (κ1) is 24.2. The van der Waals surface area contributed by atoms with E-state index in [-0.39, 0.29) is 41.0 Å². The van der Waals surface area contributed by atoms with Crippen molar-refractivity contribution in [3.63, 3.8) is 0 Å². The van der Waals surface area contributed by atoms with E-state index in [1.807, 2.05) is 31.2 Å². The van der Waals surface area contributed by atoms with Crippen molar-refractivity contribution in [2.75, 3.05) is 26.2 Å². The lowest BCUT2D eigenvalue weighted by Crippen LogP contribution is -2.56. The Morgan fingerprint density at radius 1 is 1.14 bits per heavy atom. The highest BCUT2D eigenvalue weighted by atomic mass is 35.5. The van der Waals surface area contributed by atoms with Crippen LogP contribution in [-0.2, 0) is 4.79 Å². The summed E-state index contributed by atoms with van der Waals surface area (Å²) in [6.07, 6.45) is 2.50. The number of furan rings is 1. The van der Waals surface area contributed by atoms with Gasteiger partial charge in [-0.05, 0) is 44.0 Å². The van der Waals surface area contributed by atoms with Crippen molar-refractivity contribution in [3.8, 4) is 0 Å². The number of rotatable bonds is 3. The highest BCUT2D eigenvalue weighted by molar-refractivity contribution is 6.39. The van der Waals surface area contributed by atoms with Crippen molar-refractivity contribution < 1.29 is 18.4 Å². The van der Waals surface area contributed by atoms with Crippen LogP contribution in [0.4, 0.5) is 4.39 Å². The molecule has 5 rings (SSSR count). The van der Waals surface area contributed by atoms with E-state index in [0.29, 0.717) is 42.2 Å². The van der Waals surface area contributed by atoms with Crippen LogP contribution in [0.1, 0.15) is 40.9 Å². The number of aliphatic imine (C=N–C) groups is 2. The summed E-state index contributed by atoms with van der Waals surface area (Å²) >= 11 is 6.12. The van der Waals surface area contributed by atoms with Crippen molar-refractivity contribution in [2.24, 2.45) is 9.98 Å². The topological polar surface area (TPSA) is 78.5 Å². The van der Waals surface area contributed by atoms with Crippen LogP contribution >= 0.6 is 11.6 Å². The van der Waals surface area contributed by atoms with Gasteiger partial charge in [0.1, 0.15) is 0 Å². The standard InChI is InChI=1S/C27H26ClFN4O3/c1-16-15-32(27(35)25-30-10-9-19(14-31-25)18-5-3-6-20(28)13-18)11-12-33(16)26(34)23-17(2)21-7-4-8-22(29)24(21)36-23/h3-8,13-14,16,19H,9-12,15H2,1-2H3. The van der Waals surface area contributed by atoms with Gasteiger partial charge in [-0.2, -0.15) is 0 Å². The second kappa shape index (κ2) is 9.85. The Balaban J connectivity index is 1.27. The summed E-state index contributed by atoms with van der Waals surface area (Å²) < 4.78 is 19.8. The van der Waals surface area contributed by atoms with Gasteiger partial charge in [-0.3, -0.25) is 14.6 Å². The third kappa shape index (κ3) is 4.53. The van der Waals surface area contributed by atoms with Gasteiger partial charge >= 0.3 is 0 Å². The van der Waals surface area contributed by atoms with Crippen molar-refractivity contribution in [3.05, 3.63) is 70.2 Å². The zero-order chi connectivity index (χ0) is 25.4. The number of amidine groups is 1. The van der Waals surface area contributed by atoms with Gasteiger partial charge in [0.05, 0.1) is 0 Å². The minimum absolute atomic E-state index is 0.0306. The number of halogens is 2. The van der Waals surface area contributed by atoms with E-state index in [1.165, 1.54) is 6.07 Å². The maximum absolute atomic E-state index is 14.2. The molecule has 0 aliphatic carbocycles. The lowest BCUT2D eigenvalue weighted by molar-refractivity contribution is -0.126. The van der Waals surface area contributed by atoms with E-state index in [0.717, 1.165) is 12.0 Å². The third-order valence-corrected chi connectivity index (χ3v) is 7.07. The van der Waals surface area contributed by atoms with Gasteiger partial charge in [0.15, 0.2) is 17.2 Å². The van der Waals surface area contributed by atoms with Gasteiger partial charge in [0.2, 0.25) is 5.84 Å². The van der Waals surface area contributed by atoms with Gasteiger partial charge in [-0.25, -0.2) is 9.38 Å². The largest absolute Gasteiger partial charge is 0.448 e. The van der Waals surface area contributed by atoms with Crippen LogP contribution in [0.25, 0.3) is 11.0 Å². The number of amides is 2. The molecule has 2 amide bonds. The minimum atomic E-state index is -0.500. The zero-order valence-electron chi connectivity index (χ0n) is 20.1. The fourth-order valence-corrected chi connectivity index (χ4v) is 5.03. The van der Waals surface area contributed by atoms with Gasteiger partial charge in [0.25, 0.3) is 11.8 Å². The molecule has 2 atom stereocenters. The van der Waals surface area contributed by atoms with Gasteiger partial charge in [-0.15, -0.1) is 0 Å². The Kier molecular flexibility index (Phi) is 6.62. The number of hydrogen-bond acceptors (Lipinski definition) is 5. The Labute approximate surface area is 213 Å². The van der Waals surface area contributed by atoms with Crippen LogP contribution in [0.2, 0.25) is 5.02 Å². The maximum Gasteiger partial charge on any atom is 0.291 e. The average Bonchev–Trinajstić information content (AvgIpc) is 3.04. The Morgan fingerprint density at radius 3 is 2.69 bits per heavy atom. The molecule has 3 heterocycles. The van der Waals surface area contributed by atoms with E-state index in [1.54, 1.807) is 35.1 Å². The molecular formula is C27H26ClFN4O3. The molecule has 1 fully saturated rings. The van der Waals surface area contributed by atoms with Crippen LogP contribution in [0.5, 0.6) is 0 Å². The van der Waals surface area contributed by atoms with E-state index < -0.39 is 5.82 Å². The third-order valence-electron chi connectivity index (χ3n) is 6.83. The summed E-state index contributed by atoms with van der Waals surface area (Å²) in [7, 11) is 0. The van der Waals surface area contributed by atoms with Gasteiger partial charge in [0, 0.05) is 60.3 Å². The molecule has 186 valence electrons. The molecule has 2 unspecified atom stereocenters. The number of piperazine rings is 1. The molecule has 0 radical (unpaired) electrons. The number of aryl methyl sites for hydroxylation is 1. The Bertz CT molecular complexity index is 1400. The van der Waals surface area contributed by atoms with Crippen molar-refractivity contribution >= 4 is 46.4 Å². The number of carbonyl (C=O) groups is 2.